The van der Waals surface area contributed by atoms with Gasteiger partial charge in [0.25, 0.3) is 0 Å². The van der Waals surface area contributed by atoms with Gasteiger partial charge in [0, 0.05) is 6.54 Å². The molecule has 1 unspecified atom stereocenters. The minimum absolute atomic E-state index is 0.580. The lowest BCUT2D eigenvalue weighted by atomic mass is 10.1. The molecule has 2 rings (SSSR count). The van der Waals surface area contributed by atoms with E-state index in [1.165, 1.54) is 90.3 Å². The molecule has 3 heteroatoms. The monoisotopic (exact) mass is 294 g/mol. The quantitative estimate of drug-likeness (QED) is 0.665. The van der Waals surface area contributed by atoms with Crippen molar-refractivity contribution in [3.05, 3.63) is 11.8 Å². The zero-order valence-electron chi connectivity index (χ0n) is 13.5. The van der Waals surface area contributed by atoms with Crippen LogP contribution in [0, 0.1) is 0 Å². The summed E-state index contributed by atoms with van der Waals surface area (Å²) < 4.78 is 0. The summed E-state index contributed by atoms with van der Waals surface area (Å²) in [6.45, 7) is 10.5. The van der Waals surface area contributed by atoms with Crippen LogP contribution in [-0.4, -0.2) is 57.9 Å². The predicted octanol–water partition coefficient (Wildman–Crippen LogP) is 3.30. The highest BCUT2D eigenvalue weighted by molar-refractivity contribution is 6.62. The van der Waals surface area contributed by atoms with Crippen molar-refractivity contribution in [2.45, 2.75) is 57.5 Å². The van der Waals surface area contributed by atoms with E-state index >= 15 is 0 Å². The summed E-state index contributed by atoms with van der Waals surface area (Å²) in [5, 5.41) is 0. The van der Waals surface area contributed by atoms with Crippen LogP contribution < -0.4 is 0 Å². The van der Waals surface area contributed by atoms with E-state index in [1.54, 1.807) is 0 Å². The summed E-state index contributed by atoms with van der Waals surface area (Å²) in [7, 11) is -0.580. The van der Waals surface area contributed by atoms with Crippen molar-refractivity contribution < 1.29 is 0 Å². The largest absolute Gasteiger partial charge is 0.303 e. The molecule has 2 heterocycles. The average molecular weight is 295 g/mol. The molecule has 0 amide bonds. The minimum Gasteiger partial charge on any atom is -0.303 e. The number of rotatable bonds is 7. The molecule has 116 valence electrons. The SMILES string of the molecule is C[SiH](C=CCN1CCCCC1)CCCN1CCCCC1. The third-order valence-electron chi connectivity index (χ3n) is 4.86. The van der Waals surface area contributed by atoms with Crippen molar-refractivity contribution in [1.82, 2.24) is 9.80 Å². The molecule has 0 aromatic heterocycles. The summed E-state index contributed by atoms with van der Waals surface area (Å²) in [6, 6.07) is 1.49. The highest BCUT2D eigenvalue weighted by Crippen LogP contribution is 2.11. The molecular weight excluding hydrogens is 260 g/mol. The molecule has 2 nitrogen and oxygen atoms in total. The van der Waals surface area contributed by atoms with Crippen molar-refractivity contribution in [3.63, 3.8) is 0 Å². The van der Waals surface area contributed by atoms with Gasteiger partial charge in [-0.1, -0.05) is 31.5 Å². The lowest BCUT2D eigenvalue weighted by Gasteiger charge is -2.26. The van der Waals surface area contributed by atoms with E-state index in [2.05, 4.69) is 28.1 Å². The highest BCUT2D eigenvalue weighted by atomic mass is 28.3. The second kappa shape index (κ2) is 9.75. The van der Waals surface area contributed by atoms with Gasteiger partial charge in [0.15, 0.2) is 0 Å². The lowest BCUT2D eigenvalue weighted by Crippen LogP contribution is -2.31. The molecule has 0 bridgehead atoms. The Morgan fingerprint density at radius 3 is 2.10 bits per heavy atom. The van der Waals surface area contributed by atoms with Crippen LogP contribution in [-0.2, 0) is 0 Å². The van der Waals surface area contributed by atoms with Gasteiger partial charge in [0.05, 0.1) is 8.80 Å². The fraction of sp³-hybridized carbons (Fsp3) is 0.882. The number of piperidine rings is 2. The molecule has 2 fully saturated rings. The Morgan fingerprint density at radius 1 is 0.850 bits per heavy atom. The van der Waals surface area contributed by atoms with E-state index in [0.29, 0.717) is 0 Å². The van der Waals surface area contributed by atoms with Crippen molar-refractivity contribution in [2.75, 3.05) is 39.3 Å². The zero-order valence-corrected chi connectivity index (χ0v) is 14.7. The fourth-order valence-electron chi connectivity index (χ4n) is 3.50. The molecule has 0 radical (unpaired) electrons. The maximum absolute atomic E-state index is 2.68. The first-order chi connectivity index (χ1) is 9.84. The Bertz CT molecular complexity index is 268. The summed E-state index contributed by atoms with van der Waals surface area (Å²) in [6.07, 6.45) is 12.5. The summed E-state index contributed by atoms with van der Waals surface area (Å²) >= 11 is 0. The molecule has 20 heavy (non-hydrogen) atoms. The second-order valence-electron chi connectivity index (χ2n) is 6.81. The normalized spacial score (nSPS) is 24.2. The lowest BCUT2D eigenvalue weighted by molar-refractivity contribution is 0.229. The van der Waals surface area contributed by atoms with Crippen LogP contribution in [0.25, 0.3) is 0 Å². The Balaban J connectivity index is 1.51. The van der Waals surface area contributed by atoms with Gasteiger partial charge in [-0.15, -0.1) is 5.70 Å². The second-order valence-corrected chi connectivity index (χ2v) is 9.73. The van der Waals surface area contributed by atoms with Crippen molar-refractivity contribution in [3.8, 4) is 0 Å². The predicted molar refractivity (Wildman–Crippen MR) is 92.2 cm³/mol. The maximum Gasteiger partial charge on any atom is 0.0581 e. The van der Waals surface area contributed by atoms with Crippen molar-refractivity contribution in [1.29, 1.82) is 0 Å². The molecular formula is C17H34N2Si. The van der Waals surface area contributed by atoms with Gasteiger partial charge in [-0.25, -0.2) is 0 Å². The van der Waals surface area contributed by atoms with E-state index in [-0.39, 0.29) is 0 Å². The van der Waals surface area contributed by atoms with Crippen LogP contribution in [0.15, 0.2) is 11.8 Å². The third-order valence-corrected chi connectivity index (χ3v) is 7.11. The van der Waals surface area contributed by atoms with Crippen molar-refractivity contribution in [2.24, 2.45) is 0 Å². The van der Waals surface area contributed by atoms with Gasteiger partial charge in [-0.05, 0) is 64.8 Å². The maximum atomic E-state index is 2.68. The smallest absolute Gasteiger partial charge is 0.0581 e. The topological polar surface area (TPSA) is 6.48 Å². The molecule has 0 aromatic carbocycles. The van der Waals surface area contributed by atoms with Gasteiger partial charge < -0.3 is 4.90 Å². The fourth-order valence-corrected chi connectivity index (χ4v) is 5.11. The Morgan fingerprint density at radius 2 is 1.45 bits per heavy atom. The van der Waals surface area contributed by atoms with E-state index < -0.39 is 8.80 Å². The minimum atomic E-state index is -0.580. The molecule has 0 N–H and O–H groups in total. The first kappa shape index (κ1) is 16.3. The molecule has 2 aliphatic rings. The first-order valence-corrected chi connectivity index (χ1v) is 11.6. The average Bonchev–Trinajstić information content (AvgIpc) is 2.49. The van der Waals surface area contributed by atoms with Gasteiger partial charge >= 0.3 is 0 Å². The zero-order chi connectivity index (χ0) is 14.0. The molecule has 2 saturated heterocycles. The van der Waals surface area contributed by atoms with Gasteiger partial charge in [0.2, 0.25) is 0 Å². The van der Waals surface area contributed by atoms with E-state index in [4.69, 9.17) is 0 Å². The van der Waals surface area contributed by atoms with Crippen LogP contribution in [0.3, 0.4) is 0 Å². The summed E-state index contributed by atoms with van der Waals surface area (Å²) in [5.74, 6) is 0. The van der Waals surface area contributed by atoms with Crippen LogP contribution in [0.1, 0.15) is 44.9 Å². The standard InChI is InChI=1S/C17H34N2Si/c1-20(16-8-14-18-10-4-2-5-11-18)17-9-15-19-12-6-3-7-13-19/h8,16,20H,2-7,9-15,17H2,1H3. The van der Waals surface area contributed by atoms with Gasteiger partial charge in [0.1, 0.15) is 0 Å². The van der Waals surface area contributed by atoms with E-state index in [1.807, 2.05) is 0 Å². The molecule has 0 saturated carbocycles. The van der Waals surface area contributed by atoms with Crippen LogP contribution in [0.2, 0.25) is 12.6 Å². The summed E-state index contributed by atoms with van der Waals surface area (Å²) in [5.41, 5.74) is 2.59. The molecule has 0 spiro atoms. The van der Waals surface area contributed by atoms with Gasteiger partial charge in [-0.3, -0.25) is 4.90 Å². The van der Waals surface area contributed by atoms with E-state index in [0.717, 1.165) is 0 Å². The summed E-state index contributed by atoms with van der Waals surface area (Å²) in [4.78, 5) is 5.30. The Hall–Kier alpha value is -0.123. The molecule has 0 aromatic rings. The number of nitrogens with zero attached hydrogens (tertiary/aromatic N) is 2. The molecule has 2 aliphatic heterocycles. The van der Waals surface area contributed by atoms with Crippen LogP contribution in [0.5, 0.6) is 0 Å². The Labute approximate surface area is 127 Å². The van der Waals surface area contributed by atoms with Gasteiger partial charge in [-0.2, -0.15) is 0 Å². The van der Waals surface area contributed by atoms with E-state index in [9.17, 15) is 0 Å². The van der Waals surface area contributed by atoms with Crippen LogP contribution >= 0.6 is 0 Å². The Kier molecular flexibility index (Phi) is 7.92. The third kappa shape index (κ3) is 6.55. The highest BCUT2D eigenvalue weighted by Gasteiger charge is 2.10. The van der Waals surface area contributed by atoms with Crippen molar-refractivity contribution >= 4 is 8.80 Å². The van der Waals surface area contributed by atoms with Crippen LogP contribution in [0.4, 0.5) is 0 Å². The number of hydrogen-bond acceptors (Lipinski definition) is 2. The molecule has 1 atom stereocenters. The first-order valence-electron chi connectivity index (χ1n) is 8.96. The molecule has 0 aliphatic carbocycles. The number of likely N-dealkylation sites (tertiary alicyclic amines) is 2. The number of hydrogen-bond donors (Lipinski definition) is 0.